The Morgan fingerprint density at radius 1 is 1.00 bits per heavy atom. The largest absolute Gasteiger partial charge is 0.495 e. The zero-order valence-electron chi connectivity index (χ0n) is 18.9. The molecule has 2 saturated heterocycles. The van der Waals surface area contributed by atoms with E-state index in [1.165, 1.54) is 10.5 Å². The van der Waals surface area contributed by atoms with Crippen molar-refractivity contribution in [1.29, 1.82) is 0 Å². The molecule has 31 heavy (non-hydrogen) atoms. The van der Waals surface area contributed by atoms with Crippen molar-refractivity contribution in [2.75, 3.05) is 51.3 Å². The van der Waals surface area contributed by atoms with Crippen molar-refractivity contribution in [3.05, 3.63) is 60.2 Å². The zero-order valence-corrected chi connectivity index (χ0v) is 18.9. The number of likely N-dealkylation sites (tertiary alicyclic amines) is 1. The monoisotopic (exact) mass is 422 g/mol. The molecule has 1 N–H and O–H groups in total. The average molecular weight is 423 g/mol. The maximum Gasteiger partial charge on any atom is 0.280 e. The third-order valence-electron chi connectivity index (χ3n) is 7.11. The van der Waals surface area contributed by atoms with E-state index >= 15 is 0 Å². The molecule has 0 unspecified atom stereocenters. The molecule has 2 aromatic rings. The van der Waals surface area contributed by atoms with Gasteiger partial charge in [0.25, 0.3) is 5.91 Å². The number of ether oxygens (including phenoxy) is 1. The lowest BCUT2D eigenvalue weighted by Gasteiger charge is -2.39. The Kier molecular flexibility index (Phi) is 7.13. The smallest absolute Gasteiger partial charge is 0.280 e. The molecule has 5 nitrogen and oxygen atoms in total. The van der Waals surface area contributed by atoms with Gasteiger partial charge in [0, 0.05) is 13.1 Å². The van der Waals surface area contributed by atoms with Gasteiger partial charge in [-0.05, 0) is 49.8 Å². The van der Waals surface area contributed by atoms with E-state index in [9.17, 15) is 4.79 Å². The number of amides is 1. The van der Waals surface area contributed by atoms with Gasteiger partial charge in [-0.25, -0.2) is 0 Å². The molecule has 2 heterocycles. The average Bonchev–Trinajstić information content (AvgIpc) is 2.84. The number of nitrogens with zero attached hydrogens (tertiary/aromatic N) is 2. The molecule has 0 saturated carbocycles. The van der Waals surface area contributed by atoms with Crippen molar-refractivity contribution >= 4 is 11.6 Å². The number of carbonyl (C=O) groups excluding carboxylic acids is 1. The summed E-state index contributed by atoms with van der Waals surface area (Å²) in [6.45, 7) is 7.79. The SMILES string of the molecule is COc1ccccc1N1CC[NH+]([C@@H](C)C(=O)N2CCC(Cc3ccccc3)CC2)CC1. The summed E-state index contributed by atoms with van der Waals surface area (Å²) in [4.78, 5) is 19.1. The summed E-state index contributed by atoms with van der Waals surface area (Å²) < 4.78 is 5.53. The summed E-state index contributed by atoms with van der Waals surface area (Å²) in [5.41, 5.74) is 2.57. The molecular weight excluding hydrogens is 386 g/mol. The molecule has 5 heteroatoms. The second-order valence-electron chi connectivity index (χ2n) is 9.00. The number of para-hydroxylation sites is 2. The quantitative estimate of drug-likeness (QED) is 0.776. The Morgan fingerprint density at radius 3 is 2.32 bits per heavy atom. The maximum absolute atomic E-state index is 13.2. The van der Waals surface area contributed by atoms with Gasteiger partial charge in [0.2, 0.25) is 0 Å². The summed E-state index contributed by atoms with van der Waals surface area (Å²) in [7, 11) is 1.73. The topological polar surface area (TPSA) is 37.2 Å². The van der Waals surface area contributed by atoms with Crippen molar-refractivity contribution in [1.82, 2.24) is 4.90 Å². The summed E-state index contributed by atoms with van der Waals surface area (Å²) in [6, 6.07) is 19.0. The van der Waals surface area contributed by atoms with E-state index in [1.54, 1.807) is 7.11 Å². The van der Waals surface area contributed by atoms with Crippen LogP contribution >= 0.6 is 0 Å². The number of quaternary nitrogens is 1. The van der Waals surface area contributed by atoms with Crippen molar-refractivity contribution < 1.29 is 14.4 Å². The molecule has 1 atom stereocenters. The van der Waals surface area contributed by atoms with Crippen LogP contribution in [0, 0.1) is 5.92 Å². The van der Waals surface area contributed by atoms with Gasteiger partial charge in [0.05, 0.1) is 39.0 Å². The number of anilines is 1. The molecule has 0 bridgehead atoms. The van der Waals surface area contributed by atoms with Crippen LogP contribution in [0.15, 0.2) is 54.6 Å². The number of carbonyl (C=O) groups is 1. The molecule has 0 aromatic heterocycles. The second kappa shape index (κ2) is 10.2. The van der Waals surface area contributed by atoms with Gasteiger partial charge in [-0.3, -0.25) is 4.79 Å². The van der Waals surface area contributed by atoms with Crippen molar-refractivity contribution in [2.24, 2.45) is 5.92 Å². The lowest BCUT2D eigenvalue weighted by atomic mass is 9.90. The maximum atomic E-state index is 13.2. The van der Waals surface area contributed by atoms with Gasteiger partial charge in [-0.2, -0.15) is 0 Å². The van der Waals surface area contributed by atoms with Crippen LogP contribution in [-0.2, 0) is 11.2 Å². The number of piperazine rings is 1. The van der Waals surface area contributed by atoms with Gasteiger partial charge < -0.3 is 19.4 Å². The van der Waals surface area contributed by atoms with Crippen LogP contribution in [0.25, 0.3) is 0 Å². The van der Waals surface area contributed by atoms with Crippen LogP contribution in [0.4, 0.5) is 5.69 Å². The molecular formula is C26H36N3O2+. The fourth-order valence-corrected chi connectivity index (χ4v) is 5.11. The highest BCUT2D eigenvalue weighted by atomic mass is 16.5. The number of rotatable bonds is 6. The van der Waals surface area contributed by atoms with Crippen molar-refractivity contribution in [3.8, 4) is 5.75 Å². The van der Waals surface area contributed by atoms with E-state index in [0.717, 1.165) is 70.0 Å². The van der Waals surface area contributed by atoms with Gasteiger partial charge >= 0.3 is 0 Å². The minimum atomic E-state index is 0.0329. The van der Waals surface area contributed by atoms with E-state index < -0.39 is 0 Å². The fraction of sp³-hybridized carbons (Fsp3) is 0.500. The van der Waals surface area contributed by atoms with Crippen LogP contribution in [0.2, 0.25) is 0 Å². The predicted octanol–water partition coefficient (Wildman–Crippen LogP) is 2.27. The Labute approximate surface area is 186 Å². The molecule has 1 amide bonds. The lowest BCUT2D eigenvalue weighted by molar-refractivity contribution is -0.915. The van der Waals surface area contributed by atoms with Crippen LogP contribution in [0.3, 0.4) is 0 Å². The lowest BCUT2D eigenvalue weighted by Crippen LogP contribution is -3.19. The van der Waals surface area contributed by atoms with Crippen LogP contribution in [0.5, 0.6) is 5.75 Å². The highest BCUT2D eigenvalue weighted by Gasteiger charge is 2.34. The first-order valence-electron chi connectivity index (χ1n) is 11.7. The third kappa shape index (κ3) is 5.21. The van der Waals surface area contributed by atoms with E-state index in [0.29, 0.717) is 11.8 Å². The molecule has 0 spiro atoms. The standard InChI is InChI=1S/C26H35N3O2/c1-21(27-16-18-28(19-17-27)24-10-6-7-11-25(24)31-2)26(30)29-14-12-23(13-15-29)20-22-8-4-3-5-9-22/h3-11,21,23H,12-20H2,1-2H3/p+1/t21-/m0/s1. The summed E-state index contributed by atoms with van der Waals surface area (Å²) in [5, 5.41) is 0. The van der Waals surface area contributed by atoms with Crippen LogP contribution in [0.1, 0.15) is 25.3 Å². The number of benzene rings is 2. The summed E-state index contributed by atoms with van der Waals surface area (Å²) in [5.74, 6) is 1.95. The molecule has 0 radical (unpaired) electrons. The van der Waals surface area contributed by atoms with Crippen LogP contribution in [-0.4, -0.2) is 63.2 Å². The summed E-state index contributed by atoms with van der Waals surface area (Å²) >= 11 is 0. The van der Waals surface area contributed by atoms with Gasteiger partial charge in [-0.1, -0.05) is 42.5 Å². The minimum Gasteiger partial charge on any atom is -0.495 e. The molecule has 0 aliphatic carbocycles. The third-order valence-corrected chi connectivity index (χ3v) is 7.11. The first kappa shape index (κ1) is 21.7. The van der Waals surface area contributed by atoms with Crippen molar-refractivity contribution in [2.45, 2.75) is 32.2 Å². The second-order valence-corrected chi connectivity index (χ2v) is 9.00. The molecule has 2 aliphatic heterocycles. The fourth-order valence-electron chi connectivity index (χ4n) is 5.11. The number of hydrogen-bond donors (Lipinski definition) is 1. The summed E-state index contributed by atoms with van der Waals surface area (Å²) in [6.07, 6.45) is 3.36. The predicted molar refractivity (Wildman–Crippen MR) is 125 cm³/mol. The van der Waals surface area contributed by atoms with Gasteiger partial charge in [-0.15, -0.1) is 0 Å². The Hall–Kier alpha value is -2.53. The Balaban J connectivity index is 1.26. The normalized spacial score (nSPS) is 19.3. The first-order chi connectivity index (χ1) is 15.2. The number of methoxy groups -OCH3 is 1. The van der Waals surface area contributed by atoms with Crippen molar-refractivity contribution in [3.63, 3.8) is 0 Å². The van der Waals surface area contributed by atoms with Gasteiger partial charge in [0.15, 0.2) is 6.04 Å². The zero-order chi connectivity index (χ0) is 21.6. The molecule has 2 fully saturated rings. The Morgan fingerprint density at radius 2 is 1.65 bits per heavy atom. The molecule has 4 rings (SSSR count). The highest BCUT2D eigenvalue weighted by molar-refractivity contribution is 5.80. The number of nitrogens with one attached hydrogen (secondary N) is 1. The molecule has 2 aliphatic rings. The van der Waals surface area contributed by atoms with E-state index in [-0.39, 0.29) is 6.04 Å². The minimum absolute atomic E-state index is 0.0329. The molecule has 2 aromatic carbocycles. The Bertz CT molecular complexity index is 841. The molecule has 166 valence electrons. The highest BCUT2D eigenvalue weighted by Crippen LogP contribution is 2.27. The first-order valence-corrected chi connectivity index (χ1v) is 11.7. The van der Waals surface area contributed by atoms with E-state index in [1.807, 2.05) is 12.1 Å². The van der Waals surface area contributed by atoms with Crippen LogP contribution < -0.4 is 14.5 Å². The van der Waals surface area contributed by atoms with Gasteiger partial charge in [0.1, 0.15) is 5.75 Å². The number of hydrogen-bond acceptors (Lipinski definition) is 3. The number of piperidine rings is 1. The van der Waals surface area contributed by atoms with E-state index in [2.05, 4.69) is 59.2 Å². The van der Waals surface area contributed by atoms with E-state index in [4.69, 9.17) is 4.74 Å².